The lowest BCUT2D eigenvalue weighted by molar-refractivity contribution is 0.0684. The molecule has 0 radical (unpaired) electrons. The van der Waals surface area contributed by atoms with Gasteiger partial charge in [0.2, 0.25) is 0 Å². The highest BCUT2D eigenvalue weighted by Crippen LogP contribution is 2.37. The van der Waals surface area contributed by atoms with E-state index in [1.807, 2.05) is 0 Å². The summed E-state index contributed by atoms with van der Waals surface area (Å²) in [6.45, 7) is 0. The molecule has 1 aliphatic rings. The Bertz CT molecular complexity index is 559. The molecular formula is C10H10N4O2. The highest BCUT2D eigenvalue weighted by Gasteiger charge is 2.27. The standard InChI is InChI=1S/C10H10N4O2/c15-9(16)8-7(6-2-1-3-6)4-11-10-12-5-13-14(8)10/h4-6H,1-3H2,(H,15,16). The predicted octanol–water partition coefficient (Wildman–Crippen LogP) is 1.09. The van der Waals surface area contributed by atoms with E-state index in [9.17, 15) is 9.90 Å². The van der Waals surface area contributed by atoms with Gasteiger partial charge >= 0.3 is 5.97 Å². The van der Waals surface area contributed by atoms with Gasteiger partial charge in [-0.1, -0.05) is 6.42 Å². The van der Waals surface area contributed by atoms with E-state index in [4.69, 9.17) is 0 Å². The zero-order valence-corrected chi connectivity index (χ0v) is 8.50. The van der Waals surface area contributed by atoms with Crippen LogP contribution in [0.2, 0.25) is 0 Å². The second kappa shape index (κ2) is 3.26. The first-order valence-electron chi connectivity index (χ1n) is 5.19. The summed E-state index contributed by atoms with van der Waals surface area (Å²) in [6.07, 6.45) is 6.15. The van der Waals surface area contributed by atoms with Gasteiger partial charge in [-0.3, -0.25) is 0 Å². The Morgan fingerprint density at radius 2 is 2.25 bits per heavy atom. The van der Waals surface area contributed by atoms with Gasteiger partial charge in [0.1, 0.15) is 6.33 Å². The molecule has 0 amide bonds. The van der Waals surface area contributed by atoms with Crippen molar-refractivity contribution in [2.24, 2.45) is 0 Å². The monoisotopic (exact) mass is 218 g/mol. The van der Waals surface area contributed by atoms with Crippen molar-refractivity contribution in [3.63, 3.8) is 0 Å². The lowest BCUT2D eigenvalue weighted by Crippen LogP contribution is -2.18. The molecule has 1 fully saturated rings. The van der Waals surface area contributed by atoms with Gasteiger partial charge in [0.25, 0.3) is 5.78 Å². The van der Waals surface area contributed by atoms with Crippen molar-refractivity contribution in [2.75, 3.05) is 0 Å². The van der Waals surface area contributed by atoms with E-state index in [-0.39, 0.29) is 5.69 Å². The fraction of sp³-hybridized carbons (Fsp3) is 0.400. The summed E-state index contributed by atoms with van der Waals surface area (Å²) in [4.78, 5) is 19.3. The minimum Gasteiger partial charge on any atom is -0.476 e. The third-order valence-electron chi connectivity index (χ3n) is 3.08. The normalized spacial score (nSPS) is 16.2. The maximum absolute atomic E-state index is 11.3. The summed E-state index contributed by atoms with van der Waals surface area (Å²) in [7, 11) is 0. The van der Waals surface area contributed by atoms with Crippen molar-refractivity contribution >= 4 is 11.7 Å². The Hall–Kier alpha value is -1.98. The molecule has 0 unspecified atom stereocenters. The molecule has 2 aromatic rings. The summed E-state index contributed by atoms with van der Waals surface area (Å²) in [5.74, 6) is -0.326. The number of hydrogen-bond acceptors (Lipinski definition) is 4. The van der Waals surface area contributed by atoms with Gasteiger partial charge in [0.05, 0.1) is 0 Å². The predicted molar refractivity (Wildman–Crippen MR) is 54.3 cm³/mol. The first kappa shape index (κ1) is 9.26. The summed E-state index contributed by atoms with van der Waals surface area (Å²) >= 11 is 0. The van der Waals surface area contributed by atoms with E-state index in [0.29, 0.717) is 11.7 Å². The number of nitrogens with zero attached hydrogens (tertiary/aromatic N) is 4. The summed E-state index contributed by atoms with van der Waals surface area (Å²) in [6, 6.07) is 0. The van der Waals surface area contributed by atoms with Crippen LogP contribution >= 0.6 is 0 Å². The highest BCUT2D eigenvalue weighted by atomic mass is 16.4. The molecule has 6 heteroatoms. The van der Waals surface area contributed by atoms with Crippen LogP contribution < -0.4 is 0 Å². The SMILES string of the molecule is O=C(O)c1c(C2CCC2)cnc2ncnn12. The van der Waals surface area contributed by atoms with Gasteiger partial charge in [-0.05, 0) is 18.8 Å². The number of aromatic carboxylic acids is 1. The number of hydrogen-bond donors (Lipinski definition) is 1. The van der Waals surface area contributed by atoms with E-state index in [0.717, 1.165) is 24.8 Å². The number of carboxylic acids is 1. The minimum absolute atomic E-state index is 0.201. The second-order valence-electron chi connectivity index (χ2n) is 3.97. The fourth-order valence-electron chi connectivity index (χ4n) is 2.02. The first-order chi connectivity index (χ1) is 7.77. The summed E-state index contributed by atoms with van der Waals surface area (Å²) in [5.41, 5.74) is 0.976. The van der Waals surface area contributed by atoms with Crippen LogP contribution in [0, 0.1) is 0 Å². The molecule has 82 valence electrons. The second-order valence-corrected chi connectivity index (χ2v) is 3.97. The van der Waals surface area contributed by atoms with Gasteiger partial charge < -0.3 is 5.11 Å². The Balaban J connectivity index is 2.25. The molecule has 2 aromatic heterocycles. The fourth-order valence-corrected chi connectivity index (χ4v) is 2.02. The topological polar surface area (TPSA) is 80.4 Å². The van der Waals surface area contributed by atoms with Crippen LogP contribution in [0.3, 0.4) is 0 Å². The zero-order valence-electron chi connectivity index (χ0n) is 8.50. The Labute approximate surface area is 91.0 Å². The van der Waals surface area contributed by atoms with Crippen LogP contribution in [0.25, 0.3) is 5.78 Å². The molecule has 0 spiro atoms. The maximum Gasteiger partial charge on any atom is 0.355 e. The summed E-state index contributed by atoms with van der Waals surface area (Å²) in [5, 5.41) is 13.1. The number of carbonyl (C=O) groups is 1. The zero-order chi connectivity index (χ0) is 11.1. The van der Waals surface area contributed by atoms with Crippen LogP contribution in [0.4, 0.5) is 0 Å². The number of fused-ring (bicyclic) bond motifs is 1. The maximum atomic E-state index is 11.3. The van der Waals surface area contributed by atoms with Crippen molar-refractivity contribution < 1.29 is 9.90 Å². The van der Waals surface area contributed by atoms with Gasteiger partial charge in [0, 0.05) is 11.8 Å². The van der Waals surface area contributed by atoms with Crippen molar-refractivity contribution in [3.05, 3.63) is 23.8 Å². The minimum atomic E-state index is -0.972. The van der Waals surface area contributed by atoms with Crippen molar-refractivity contribution in [3.8, 4) is 0 Å². The van der Waals surface area contributed by atoms with Crippen LogP contribution in [0.15, 0.2) is 12.5 Å². The van der Waals surface area contributed by atoms with Gasteiger partial charge in [0.15, 0.2) is 5.69 Å². The number of carboxylic acid groups (broad SMARTS) is 1. The Kier molecular flexibility index (Phi) is 1.89. The quantitative estimate of drug-likeness (QED) is 0.816. The molecular weight excluding hydrogens is 208 g/mol. The Morgan fingerprint density at radius 1 is 1.44 bits per heavy atom. The highest BCUT2D eigenvalue weighted by molar-refractivity contribution is 5.88. The third kappa shape index (κ3) is 1.19. The molecule has 3 rings (SSSR count). The smallest absolute Gasteiger partial charge is 0.355 e. The molecule has 0 bridgehead atoms. The molecule has 16 heavy (non-hydrogen) atoms. The van der Waals surface area contributed by atoms with E-state index in [1.165, 1.54) is 10.8 Å². The van der Waals surface area contributed by atoms with Crippen LogP contribution in [-0.2, 0) is 0 Å². The van der Waals surface area contributed by atoms with Gasteiger partial charge in [-0.15, -0.1) is 0 Å². The van der Waals surface area contributed by atoms with Crippen LogP contribution in [0.5, 0.6) is 0 Å². The molecule has 2 heterocycles. The van der Waals surface area contributed by atoms with Crippen LogP contribution in [-0.4, -0.2) is 30.7 Å². The number of rotatable bonds is 2. The Morgan fingerprint density at radius 3 is 2.88 bits per heavy atom. The van der Waals surface area contributed by atoms with Gasteiger partial charge in [-0.25, -0.2) is 9.78 Å². The third-order valence-corrected chi connectivity index (χ3v) is 3.08. The van der Waals surface area contributed by atoms with Crippen molar-refractivity contribution in [2.45, 2.75) is 25.2 Å². The average Bonchev–Trinajstić information content (AvgIpc) is 2.61. The lowest BCUT2D eigenvalue weighted by Gasteiger charge is -2.26. The average molecular weight is 218 g/mol. The van der Waals surface area contributed by atoms with Crippen molar-refractivity contribution in [1.29, 1.82) is 0 Å². The van der Waals surface area contributed by atoms with Crippen LogP contribution in [0.1, 0.15) is 41.2 Å². The van der Waals surface area contributed by atoms with E-state index in [2.05, 4.69) is 15.1 Å². The van der Waals surface area contributed by atoms with E-state index in [1.54, 1.807) is 6.20 Å². The molecule has 0 aliphatic heterocycles. The van der Waals surface area contributed by atoms with E-state index >= 15 is 0 Å². The molecule has 1 aliphatic carbocycles. The van der Waals surface area contributed by atoms with Gasteiger partial charge in [-0.2, -0.15) is 14.6 Å². The first-order valence-corrected chi connectivity index (χ1v) is 5.19. The molecule has 1 saturated carbocycles. The van der Waals surface area contributed by atoms with E-state index < -0.39 is 5.97 Å². The largest absolute Gasteiger partial charge is 0.476 e. The number of aromatic nitrogens is 4. The molecule has 0 atom stereocenters. The molecule has 6 nitrogen and oxygen atoms in total. The molecule has 0 saturated heterocycles. The van der Waals surface area contributed by atoms with Crippen molar-refractivity contribution in [1.82, 2.24) is 19.6 Å². The molecule has 1 N–H and O–H groups in total. The summed E-state index contributed by atoms with van der Waals surface area (Å²) < 4.78 is 1.30. The lowest BCUT2D eigenvalue weighted by atomic mass is 9.80. The molecule has 0 aromatic carbocycles.